The Morgan fingerprint density at radius 1 is 1.37 bits per heavy atom. The first-order valence-electron chi connectivity index (χ1n) is 5.92. The third-order valence-electron chi connectivity index (χ3n) is 2.85. The van der Waals surface area contributed by atoms with Gasteiger partial charge in [-0.1, -0.05) is 0 Å². The lowest BCUT2D eigenvalue weighted by Crippen LogP contribution is -2.02. The van der Waals surface area contributed by atoms with Crippen LogP contribution in [0, 0.1) is 13.8 Å². The van der Waals surface area contributed by atoms with Gasteiger partial charge in [-0.15, -0.1) is 0 Å². The summed E-state index contributed by atoms with van der Waals surface area (Å²) in [6.07, 6.45) is 3.63. The van der Waals surface area contributed by atoms with Crippen molar-refractivity contribution < 1.29 is 14.6 Å². The van der Waals surface area contributed by atoms with Gasteiger partial charge in [-0.05, 0) is 37.1 Å². The molecule has 0 atom stereocenters. The van der Waals surface area contributed by atoms with Crippen LogP contribution in [0.1, 0.15) is 27.0 Å². The highest BCUT2D eigenvalue weighted by Crippen LogP contribution is 2.25. The number of carboxylic acid groups (broad SMARTS) is 1. The smallest absolute Gasteiger partial charge is 0.335 e. The number of hydrogen-bond donors (Lipinski definition) is 1. The number of ether oxygens (including phenoxy) is 1. The fourth-order valence-electron chi connectivity index (χ4n) is 2.00. The minimum Gasteiger partial charge on any atom is -0.488 e. The van der Waals surface area contributed by atoms with Crippen LogP contribution in [-0.2, 0) is 13.7 Å². The van der Waals surface area contributed by atoms with E-state index in [4.69, 9.17) is 9.84 Å². The molecule has 19 heavy (non-hydrogen) atoms. The van der Waals surface area contributed by atoms with E-state index in [1.54, 1.807) is 23.0 Å². The van der Waals surface area contributed by atoms with Crippen LogP contribution < -0.4 is 4.74 Å². The number of carboxylic acids is 1. The predicted molar refractivity (Wildman–Crippen MR) is 70.4 cm³/mol. The molecule has 5 heteroatoms. The van der Waals surface area contributed by atoms with Gasteiger partial charge in [0.1, 0.15) is 12.4 Å². The molecule has 100 valence electrons. The summed E-state index contributed by atoms with van der Waals surface area (Å²) in [4.78, 5) is 10.9. The SMILES string of the molecule is Cc1cc(C(=O)O)cc(C)c1OCc1cnn(C)c1. The molecule has 2 rings (SSSR count). The number of rotatable bonds is 4. The van der Waals surface area contributed by atoms with Gasteiger partial charge in [0.2, 0.25) is 0 Å². The highest BCUT2D eigenvalue weighted by Gasteiger charge is 2.11. The van der Waals surface area contributed by atoms with E-state index in [1.807, 2.05) is 27.1 Å². The van der Waals surface area contributed by atoms with Crippen molar-refractivity contribution in [3.05, 3.63) is 46.8 Å². The zero-order chi connectivity index (χ0) is 14.0. The highest BCUT2D eigenvalue weighted by atomic mass is 16.5. The summed E-state index contributed by atoms with van der Waals surface area (Å²) in [6.45, 7) is 4.11. The van der Waals surface area contributed by atoms with Crippen molar-refractivity contribution in [2.24, 2.45) is 7.05 Å². The van der Waals surface area contributed by atoms with Crippen LogP contribution in [-0.4, -0.2) is 20.9 Å². The summed E-state index contributed by atoms with van der Waals surface area (Å²) < 4.78 is 7.47. The van der Waals surface area contributed by atoms with Crippen LogP contribution >= 0.6 is 0 Å². The van der Waals surface area contributed by atoms with Gasteiger partial charge in [0.05, 0.1) is 11.8 Å². The summed E-state index contributed by atoms with van der Waals surface area (Å²) in [5.74, 6) is -0.195. The number of aryl methyl sites for hydroxylation is 3. The van der Waals surface area contributed by atoms with Gasteiger partial charge in [-0.2, -0.15) is 5.10 Å². The van der Waals surface area contributed by atoms with E-state index in [9.17, 15) is 4.79 Å². The Kier molecular flexibility index (Phi) is 3.55. The quantitative estimate of drug-likeness (QED) is 0.916. The minimum atomic E-state index is -0.926. The van der Waals surface area contributed by atoms with E-state index >= 15 is 0 Å². The summed E-state index contributed by atoms with van der Waals surface area (Å²) in [5, 5.41) is 13.1. The fraction of sp³-hybridized carbons (Fsp3) is 0.286. The zero-order valence-electron chi connectivity index (χ0n) is 11.2. The first-order valence-corrected chi connectivity index (χ1v) is 5.92. The van der Waals surface area contributed by atoms with Crippen LogP contribution in [0.3, 0.4) is 0 Å². The first-order chi connectivity index (χ1) is 8.97. The number of carbonyl (C=O) groups is 1. The Morgan fingerprint density at radius 3 is 2.47 bits per heavy atom. The summed E-state index contributed by atoms with van der Waals surface area (Å²) in [7, 11) is 1.85. The molecule has 1 N–H and O–H groups in total. The van der Waals surface area contributed by atoms with Gasteiger partial charge in [-0.3, -0.25) is 4.68 Å². The lowest BCUT2D eigenvalue weighted by molar-refractivity contribution is 0.0696. The van der Waals surface area contributed by atoms with E-state index in [1.165, 1.54) is 0 Å². The molecular formula is C14H16N2O3. The van der Waals surface area contributed by atoms with E-state index < -0.39 is 5.97 Å². The maximum absolute atomic E-state index is 10.9. The zero-order valence-corrected chi connectivity index (χ0v) is 11.2. The third kappa shape index (κ3) is 2.93. The molecule has 0 radical (unpaired) electrons. The fourth-order valence-corrected chi connectivity index (χ4v) is 2.00. The normalized spacial score (nSPS) is 10.5. The monoisotopic (exact) mass is 260 g/mol. The Balaban J connectivity index is 2.18. The van der Waals surface area contributed by atoms with Crippen molar-refractivity contribution in [2.75, 3.05) is 0 Å². The van der Waals surface area contributed by atoms with Gasteiger partial charge in [0.15, 0.2) is 0 Å². The maximum atomic E-state index is 10.9. The number of nitrogens with zero attached hydrogens (tertiary/aromatic N) is 2. The molecule has 2 aromatic rings. The van der Waals surface area contributed by atoms with Gasteiger partial charge in [0.25, 0.3) is 0 Å². The van der Waals surface area contributed by atoms with Gasteiger partial charge in [-0.25, -0.2) is 4.79 Å². The van der Waals surface area contributed by atoms with Gasteiger partial charge >= 0.3 is 5.97 Å². The average Bonchev–Trinajstić information content (AvgIpc) is 2.73. The van der Waals surface area contributed by atoms with Crippen LogP contribution in [0.4, 0.5) is 0 Å². The average molecular weight is 260 g/mol. The van der Waals surface area contributed by atoms with Crippen molar-refractivity contribution in [3.8, 4) is 5.75 Å². The Labute approximate surface area is 111 Å². The Hall–Kier alpha value is -2.30. The second-order valence-electron chi connectivity index (χ2n) is 4.56. The lowest BCUT2D eigenvalue weighted by Gasteiger charge is -2.12. The molecule has 0 saturated carbocycles. The first kappa shape index (κ1) is 13.1. The number of aromatic nitrogens is 2. The third-order valence-corrected chi connectivity index (χ3v) is 2.85. The van der Waals surface area contributed by atoms with Crippen molar-refractivity contribution in [1.82, 2.24) is 9.78 Å². The topological polar surface area (TPSA) is 64.3 Å². The molecule has 0 bridgehead atoms. The number of aromatic carboxylic acids is 1. The predicted octanol–water partition coefficient (Wildman–Crippen LogP) is 2.31. The highest BCUT2D eigenvalue weighted by molar-refractivity contribution is 5.88. The standard InChI is InChI=1S/C14H16N2O3/c1-9-4-12(14(17)18)5-10(2)13(9)19-8-11-6-15-16(3)7-11/h4-7H,8H2,1-3H3,(H,17,18). The maximum Gasteiger partial charge on any atom is 0.335 e. The molecule has 0 fully saturated rings. The largest absolute Gasteiger partial charge is 0.488 e. The molecule has 0 aliphatic heterocycles. The summed E-state index contributed by atoms with van der Waals surface area (Å²) >= 11 is 0. The van der Waals surface area contributed by atoms with Crippen LogP contribution in [0.15, 0.2) is 24.5 Å². The van der Waals surface area contributed by atoms with E-state index in [2.05, 4.69) is 5.10 Å². The Morgan fingerprint density at radius 2 is 2.00 bits per heavy atom. The lowest BCUT2D eigenvalue weighted by atomic mass is 10.1. The van der Waals surface area contributed by atoms with Crippen molar-refractivity contribution in [2.45, 2.75) is 20.5 Å². The van der Waals surface area contributed by atoms with Crippen LogP contribution in [0.25, 0.3) is 0 Å². The van der Waals surface area contributed by atoms with Crippen LogP contribution in [0.5, 0.6) is 5.75 Å². The second kappa shape index (κ2) is 5.14. The molecule has 1 aromatic heterocycles. The molecule has 1 heterocycles. The van der Waals surface area contributed by atoms with E-state index in [0.29, 0.717) is 6.61 Å². The van der Waals surface area contributed by atoms with Crippen molar-refractivity contribution in [1.29, 1.82) is 0 Å². The molecule has 0 aliphatic carbocycles. The molecule has 0 spiro atoms. The van der Waals surface area contributed by atoms with Gasteiger partial charge < -0.3 is 9.84 Å². The number of benzene rings is 1. The van der Waals surface area contributed by atoms with Gasteiger partial charge in [0, 0.05) is 18.8 Å². The Bertz CT molecular complexity index is 594. The van der Waals surface area contributed by atoms with Crippen molar-refractivity contribution in [3.63, 3.8) is 0 Å². The van der Waals surface area contributed by atoms with Crippen molar-refractivity contribution >= 4 is 5.97 Å². The van der Waals surface area contributed by atoms with E-state index in [0.717, 1.165) is 22.4 Å². The molecule has 0 unspecified atom stereocenters. The van der Waals surface area contributed by atoms with E-state index in [-0.39, 0.29) is 5.56 Å². The molecular weight excluding hydrogens is 244 g/mol. The summed E-state index contributed by atoms with van der Waals surface area (Å²) in [5.41, 5.74) is 2.90. The van der Waals surface area contributed by atoms with Crippen LogP contribution in [0.2, 0.25) is 0 Å². The number of hydrogen-bond acceptors (Lipinski definition) is 3. The summed E-state index contributed by atoms with van der Waals surface area (Å²) in [6, 6.07) is 3.24. The molecule has 0 saturated heterocycles. The molecule has 0 amide bonds. The molecule has 5 nitrogen and oxygen atoms in total. The molecule has 0 aliphatic rings. The second-order valence-corrected chi connectivity index (χ2v) is 4.56. The molecule has 1 aromatic carbocycles. The minimum absolute atomic E-state index is 0.281.